The summed E-state index contributed by atoms with van der Waals surface area (Å²) in [7, 11) is 0. The topological polar surface area (TPSA) is 102 Å². The van der Waals surface area contributed by atoms with Crippen LogP contribution in [0.2, 0.25) is 0 Å². The zero-order valence-corrected chi connectivity index (χ0v) is 10.9. The van der Waals surface area contributed by atoms with Gasteiger partial charge in [0.15, 0.2) is 11.5 Å². The Morgan fingerprint density at radius 1 is 1.42 bits per heavy atom. The SMILES string of the molecule is CC1(CNc2nc(N)nc3nc[nH]c23)CCOCC1. The number of nitrogen functional groups attached to an aromatic ring is 1. The highest BCUT2D eigenvalue weighted by atomic mass is 16.5. The number of rotatable bonds is 3. The fraction of sp³-hybridized carbons (Fsp3) is 0.583. The van der Waals surface area contributed by atoms with Crippen LogP contribution in [-0.4, -0.2) is 39.7 Å². The minimum Gasteiger partial charge on any atom is -0.381 e. The Balaban J connectivity index is 1.79. The largest absolute Gasteiger partial charge is 0.381 e. The lowest BCUT2D eigenvalue weighted by molar-refractivity contribution is 0.0300. The lowest BCUT2D eigenvalue weighted by atomic mass is 9.82. The van der Waals surface area contributed by atoms with Gasteiger partial charge in [0.2, 0.25) is 5.95 Å². The predicted octanol–water partition coefficient (Wildman–Crippen LogP) is 1.16. The van der Waals surface area contributed by atoms with Crippen LogP contribution in [0.4, 0.5) is 11.8 Å². The maximum atomic E-state index is 5.69. The lowest BCUT2D eigenvalue weighted by Gasteiger charge is -2.33. The number of imidazole rings is 1. The molecule has 0 saturated carbocycles. The van der Waals surface area contributed by atoms with Crippen molar-refractivity contribution in [1.82, 2.24) is 19.9 Å². The molecule has 2 aromatic rings. The maximum absolute atomic E-state index is 5.69. The van der Waals surface area contributed by atoms with Crippen molar-refractivity contribution in [3.05, 3.63) is 6.33 Å². The van der Waals surface area contributed by atoms with Crippen molar-refractivity contribution in [1.29, 1.82) is 0 Å². The quantitative estimate of drug-likeness (QED) is 0.767. The van der Waals surface area contributed by atoms with Crippen LogP contribution in [-0.2, 0) is 4.74 Å². The fourth-order valence-corrected chi connectivity index (χ4v) is 2.32. The van der Waals surface area contributed by atoms with Crippen LogP contribution in [0.3, 0.4) is 0 Å². The smallest absolute Gasteiger partial charge is 0.224 e. The highest BCUT2D eigenvalue weighted by Gasteiger charge is 2.27. The van der Waals surface area contributed by atoms with Gasteiger partial charge in [-0.05, 0) is 18.3 Å². The molecule has 0 bridgehead atoms. The molecule has 2 aromatic heterocycles. The average molecular weight is 262 g/mol. The molecule has 102 valence electrons. The molecule has 7 nitrogen and oxygen atoms in total. The number of H-pyrrole nitrogens is 1. The van der Waals surface area contributed by atoms with E-state index in [4.69, 9.17) is 10.5 Å². The third kappa shape index (κ3) is 2.46. The Kier molecular flexibility index (Phi) is 2.98. The van der Waals surface area contributed by atoms with E-state index in [2.05, 4.69) is 32.2 Å². The number of nitrogens with one attached hydrogen (secondary N) is 2. The molecule has 0 spiro atoms. The standard InChI is InChI=1S/C12H18N6O/c1-12(2-4-19-5-3-12)6-14-9-8-10(16-7-15-8)18-11(13)17-9/h7H,2-6H2,1H3,(H4,13,14,15,16,17,18). The number of nitrogens with zero attached hydrogens (tertiary/aromatic N) is 3. The van der Waals surface area contributed by atoms with E-state index in [1.54, 1.807) is 6.33 Å². The monoisotopic (exact) mass is 262 g/mol. The Morgan fingerprint density at radius 2 is 2.21 bits per heavy atom. The van der Waals surface area contributed by atoms with Gasteiger partial charge in [-0.3, -0.25) is 0 Å². The number of hydrogen-bond donors (Lipinski definition) is 3. The lowest BCUT2D eigenvalue weighted by Crippen LogP contribution is -2.33. The van der Waals surface area contributed by atoms with E-state index in [0.29, 0.717) is 11.5 Å². The van der Waals surface area contributed by atoms with Crippen molar-refractivity contribution in [2.75, 3.05) is 30.8 Å². The molecule has 7 heteroatoms. The number of aromatic nitrogens is 4. The highest BCUT2D eigenvalue weighted by Crippen LogP contribution is 2.30. The third-order valence-electron chi connectivity index (χ3n) is 3.69. The number of anilines is 2. The van der Waals surface area contributed by atoms with Crippen LogP contribution < -0.4 is 11.1 Å². The molecule has 1 aliphatic rings. The van der Waals surface area contributed by atoms with E-state index < -0.39 is 0 Å². The number of nitrogens with two attached hydrogens (primary N) is 1. The number of hydrogen-bond acceptors (Lipinski definition) is 6. The molecule has 0 radical (unpaired) electrons. The molecule has 1 fully saturated rings. The van der Waals surface area contributed by atoms with Gasteiger partial charge in [0.25, 0.3) is 0 Å². The van der Waals surface area contributed by atoms with Crippen molar-refractivity contribution in [3.63, 3.8) is 0 Å². The van der Waals surface area contributed by atoms with Crippen LogP contribution in [0.5, 0.6) is 0 Å². The first-order valence-corrected chi connectivity index (χ1v) is 6.45. The average Bonchev–Trinajstić information content (AvgIpc) is 2.85. The molecule has 1 aliphatic heterocycles. The number of aromatic amines is 1. The Hall–Kier alpha value is -1.89. The summed E-state index contributed by atoms with van der Waals surface area (Å²) in [4.78, 5) is 15.5. The summed E-state index contributed by atoms with van der Waals surface area (Å²) in [5.41, 5.74) is 7.30. The van der Waals surface area contributed by atoms with Crippen LogP contribution in [0.25, 0.3) is 11.2 Å². The zero-order valence-electron chi connectivity index (χ0n) is 10.9. The summed E-state index contributed by atoms with van der Waals surface area (Å²) in [5.74, 6) is 0.951. The molecule has 0 aliphatic carbocycles. The van der Waals surface area contributed by atoms with E-state index >= 15 is 0 Å². The maximum Gasteiger partial charge on any atom is 0.224 e. The van der Waals surface area contributed by atoms with Gasteiger partial charge in [-0.25, -0.2) is 4.98 Å². The second-order valence-corrected chi connectivity index (χ2v) is 5.31. The van der Waals surface area contributed by atoms with E-state index in [1.807, 2.05) is 0 Å². The Labute approximate surface area is 111 Å². The predicted molar refractivity (Wildman–Crippen MR) is 72.7 cm³/mol. The van der Waals surface area contributed by atoms with Gasteiger partial charge < -0.3 is 20.8 Å². The van der Waals surface area contributed by atoms with Gasteiger partial charge in [-0.2, -0.15) is 9.97 Å². The Bertz CT molecular complexity index is 575. The minimum atomic E-state index is 0.226. The first kappa shape index (κ1) is 12.2. The van der Waals surface area contributed by atoms with Crippen molar-refractivity contribution in [2.24, 2.45) is 5.41 Å². The molecule has 0 amide bonds. The minimum absolute atomic E-state index is 0.226. The van der Waals surface area contributed by atoms with Gasteiger partial charge in [-0.15, -0.1) is 0 Å². The van der Waals surface area contributed by atoms with Crippen molar-refractivity contribution >= 4 is 22.9 Å². The first-order valence-electron chi connectivity index (χ1n) is 6.45. The summed E-state index contributed by atoms with van der Waals surface area (Å²) in [5, 5.41) is 3.37. The zero-order chi connectivity index (χ0) is 13.3. The molecule has 4 N–H and O–H groups in total. The molecule has 0 atom stereocenters. The van der Waals surface area contributed by atoms with Crippen LogP contribution in [0.1, 0.15) is 19.8 Å². The van der Waals surface area contributed by atoms with Gasteiger partial charge in [-0.1, -0.05) is 6.92 Å². The van der Waals surface area contributed by atoms with Crippen molar-refractivity contribution in [2.45, 2.75) is 19.8 Å². The second kappa shape index (κ2) is 4.65. The normalized spacial score (nSPS) is 18.6. The molecule has 0 aromatic carbocycles. The van der Waals surface area contributed by atoms with E-state index in [1.165, 1.54) is 0 Å². The summed E-state index contributed by atoms with van der Waals surface area (Å²) in [6, 6.07) is 0. The molecular formula is C12H18N6O. The van der Waals surface area contributed by atoms with Gasteiger partial charge in [0.1, 0.15) is 5.52 Å². The molecule has 3 rings (SSSR count). The van der Waals surface area contributed by atoms with Gasteiger partial charge in [0, 0.05) is 19.8 Å². The number of fused-ring (bicyclic) bond motifs is 1. The highest BCUT2D eigenvalue weighted by molar-refractivity contribution is 5.83. The first-order chi connectivity index (χ1) is 9.16. The second-order valence-electron chi connectivity index (χ2n) is 5.31. The van der Waals surface area contributed by atoms with E-state index in [0.717, 1.165) is 38.1 Å². The summed E-state index contributed by atoms with van der Waals surface area (Å²) in [6.45, 7) is 4.74. The molecule has 1 saturated heterocycles. The van der Waals surface area contributed by atoms with Crippen LogP contribution >= 0.6 is 0 Å². The third-order valence-corrected chi connectivity index (χ3v) is 3.69. The summed E-state index contributed by atoms with van der Waals surface area (Å²) >= 11 is 0. The van der Waals surface area contributed by atoms with Crippen molar-refractivity contribution < 1.29 is 4.74 Å². The van der Waals surface area contributed by atoms with Crippen LogP contribution in [0, 0.1) is 5.41 Å². The van der Waals surface area contributed by atoms with Crippen molar-refractivity contribution in [3.8, 4) is 0 Å². The van der Waals surface area contributed by atoms with Gasteiger partial charge >= 0.3 is 0 Å². The fourth-order valence-electron chi connectivity index (χ4n) is 2.32. The van der Waals surface area contributed by atoms with E-state index in [9.17, 15) is 0 Å². The summed E-state index contributed by atoms with van der Waals surface area (Å²) < 4.78 is 5.40. The van der Waals surface area contributed by atoms with E-state index in [-0.39, 0.29) is 11.4 Å². The van der Waals surface area contributed by atoms with Gasteiger partial charge in [0.05, 0.1) is 6.33 Å². The van der Waals surface area contributed by atoms with Crippen LogP contribution in [0.15, 0.2) is 6.33 Å². The Morgan fingerprint density at radius 3 is 3.00 bits per heavy atom. The molecular weight excluding hydrogens is 244 g/mol. The molecule has 0 unspecified atom stereocenters. The molecule has 19 heavy (non-hydrogen) atoms. The summed E-state index contributed by atoms with van der Waals surface area (Å²) in [6.07, 6.45) is 3.69. The number of ether oxygens (including phenoxy) is 1. The molecule has 3 heterocycles.